The van der Waals surface area contributed by atoms with E-state index in [9.17, 15) is 28.1 Å². The number of nitrogens with zero attached hydrogens (tertiary/aromatic N) is 1. The first kappa shape index (κ1) is 18.7. The molecule has 0 heterocycles. The molecule has 25 heavy (non-hydrogen) atoms. The summed E-state index contributed by atoms with van der Waals surface area (Å²) in [6.07, 6.45) is -5.20. The number of anilines is 1. The van der Waals surface area contributed by atoms with Gasteiger partial charge in [0.25, 0.3) is 5.69 Å². The summed E-state index contributed by atoms with van der Waals surface area (Å²) in [5.41, 5.74) is -0.695. The van der Waals surface area contributed by atoms with Gasteiger partial charge in [-0.2, -0.15) is 13.2 Å². The van der Waals surface area contributed by atoms with Crippen molar-refractivity contribution in [1.82, 2.24) is 0 Å². The van der Waals surface area contributed by atoms with Crippen LogP contribution in [-0.2, 0) is 11.4 Å². The lowest BCUT2D eigenvalue weighted by atomic mass is 10.2. The molecule has 0 fully saturated rings. The summed E-state index contributed by atoms with van der Waals surface area (Å²) in [7, 11) is 0. The quantitative estimate of drug-likeness (QED) is 0.574. The van der Waals surface area contributed by atoms with Crippen molar-refractivity contribution in [3.05, 3.63) is 62.6 Å². The highest BCUT2D eigenvalue weighted by atomic mass is 79.9. The van der Waals surface area contributed by atoms with Gasteiger partial charge in [-0.25, -0.2) is 0 Å². The van der Waals surface area contributed by atoms with E-state index in [0.717, 1.165) is 6.07 Å². The highest BCUT2D eigenvalue weighted by Gasteiger charge is 2.40. The van der Waals surface area contributed by atoms with Gasteiger partial charge in [0, 0.05) is 10.5 Å². The van der Waals surface area contributed by atoms with Gasteiger partial charge in [0.1, 0.15) is 6.61 Å². The molecule has 0 saturated carbocycles. The van der Waals surface area contributed by atoms with E-state index in [0.29, 0.717) is 5.56 Å². The number of rotatable bonds is 5. The molecule has 0 saturated heterocycles. The van der Waals surface area contributed by atoms with Crippen molar-refractivity contribution >= 4 is 33.2 Å². The van der Waals surface area contributed by atoms with E-state index in [4.69, 9.17) is 4.74 Å². The molecule has 0 unspecified atom stereocenters. The lowest BCUT2D eigenvalue weighted by molar-refractivity contribution is -0.384. The first-order chi connectivity index (χ1) is 11.7. The van der Waals surface area contributed by atoms with Gasteiger partial charge in [-0.05, 0) is 11.6 Å². The van der Waals surface area contributed by atoms with Gasteiger partial charge >= 0.3 is 12.1 Å². The van der Waals surface area contributed by atoms with Crippen LogP contribution in [0.25, 0.3) is 0 Å². The van der Waals surface area contributed by atoms with Gasteiger partial charge in [-0.3, -0.25) is 14.9 Å². The van der Waals surface area contributed by atoms with Crippen LogP contribution in [0.4, 0.5) is 24.5 Å². The Morgan fingerprint density at radius 3 is 2.44 bits per heavy atom. The number of alkyl halides is 3. The summed E-state index contributed by atoms with van der Waals surface area (Å²) in [5.74, 6) is -2.59. The lowest BCUT2D eigenvalue weighted by Gasteiger charge is -2.14. The first-order valence-corrected chi connectivity index (χ1v) is 7.50. The number of carbonyl (C=O) groups is 1. The summed E-state index contributed by atoms with van der Waals surface area (Å²) in [6, 6.07) is 10.9. The molecule has 0 aliphatic heterocycles. The van der Waals surface area contributed by atoms with Crippen LogP contribution >= 0.6 is 15.9 Å². The Hall–Kier alpha value is -2.62. The van der Waals surface area contributed by atoms with E-state index >= 15 is 0 Å². The van der Waals surface area contributed by atoms with Crippen molar-refractivity contribution in [1.29, 1.82) is 0 Å². The second-order valence-corrected chi connectivity index (χ2v) is 5.70. The highest BCUT2D eigenvalue weighted by Crippen LogP contribution is 2.39. The average Bonchev–Trinajstić information content (AvgIpc) is 2.54. The number of benzene rings is 2. The number of nitro benzene ring substituents is 1. The number of hydrogen-bond acceptors (Lipinski definition) is 4. The fourth-order valence-electron chi connectivity index (χ4n) is 1.87. The zero-order chi connectivity index (χ0) is 18.6. The van der Waals surface area contributed by atoms with Gasteiger partial charge < -0.3 is 10.1 Å². The van der Waals surface area contributed by atoms with E-state index < -0.39 is 28.4 Å². The maximum Gasteiger partial charge on any atom is 0.471 e. The standard InChI is InChI=1S/C15H10BrF3N2O4/c16-10-6-11(21(23)24)13(20-14(22)15(17,18)19)12(7-10)25-8-9-4-2-1-3-5-9/h1-7H,8H2,(H,20,22). The van der Waals surface area contributed by atoms with Crippen molar-refractivity contribution in [3.63, 3.8) is 0 Å². The smallest absolute Gasteiger partial charge is 0.471 e. The molecule has 0 atom stereocenters. The third-order valence-electron chi connectivity index (χ3n) is 2.98. The minimum absolute atomic E-state index is 0.0522. The third-order valence-corrected chi connectivity index (χ3v) is 3.43. The molecule has 2 rings (SSSR count). The van der Waals surface area contributed by atoms with Crippen LogP contribution in [0.5, 0.6) is 5.75 Å². The number of nitrogens with one attached hydrogen (secondary N) is 1. The normalized spacial score (nSPS) is 11.0. The monoisotopic (exact) mass is 418 g/mol. The molecular weight excluding hydrogens is 409 g/mol. The summed E-state index contributed by atoms with van der Waals surface area (Å²) >= 11 is 3.03. The van der Waals surface area contributed by atoms with Crippen LogP contribution in [-0.4, -0.2) is 17.0 Å². The summed E-state index contributed by atoms with van der Waals surface area (Å²) in [6.45, 7) is -0.0522. The van der Waals surface area contributed by atoms with Gasteiger partial charge in [-0.15, -0.1) is 0 Å². The Balaban J connectivity index is 2.39. The third kappa shape index (κ3) is 4.92. The van der Waals surface area contributed by atoms with Crippen LogP contribution in [0.1, 0.15) is 5.56 Å². The Bertz CT molecular complexity index is 797. The Labute approximate surface area is 147 Å². The van der Waals surface area contributed by atoms with Crippen LogP contribution < -0.4 is 10.1 Å². The van der Waals surface area contributed by atoms with Crippen LogP contribution in [0.15, 0.2) is 46.9 Å². The Morgan fingerprint density at radius 2 is 1.88 bits per heavy atom. The zero-order valence-electron chi connectivity index (χ0n) is 12.3. The predicted octanol–water partition coefficient (Wildman–Crippen LogP) is 4.44. The molecule has 6 nitrogen and oxygen atoms in total. The Kier molecular flexibility index (Phi) is 5.62. The van der Waals surface area contributed by atoms with E-state index in [1.807, 2.05) is 0 Å². The number of halogens is 4. The van der Waals surface area contributed by atoms with Gasteiger partial charge in [0.15, 0.2) is 11.4 Å². The predicted molar refractivity (Wildman–Crippen MR) is 86.3 cm³/mol. The number of ether oxygens (including phenoxy) is 1. The van der Waals surface area contributed by atoms with Gasteiger partial charge in [-0.1, -0.05) is 46.3 Å². The fourth-order valence-corrected chi connectivity index (χ4v) is 2.30. The molecule has 0 aromatic heterocycles. The van der Waals surface area contributed by atoms with Crippen molar-refractivity contribution in [2.24, 2.45) is 0 Å². The van der Waals surface area contributed by atoms with E-state index in [1.54, 1.807) is 30.3 Å². The molecule has 0 aliphatic rings. The number of carbonyl (C=O) groups excluding carboxylic acids is 1. The topological polar surface area (TPSA) is 81.5 Å². The number of hydrogen-bond donors (Lipinski definition) is 1. The molecule has 1 amide bonds. The number of amides is 1. The van der Waals surface area contributed by atoms with Crippen molar-refractivity contribution in [3.8, 4) is 5.75 Å². The molecular formula is C15H10BrF3N2O4. The lowest BCUT2D eigenvalue weighted by Crippen LogP contribution is -2.30. The van der Waals surface area contributed by atoms with Crippen LogP contribution in [0.3, 0.4) is 0 Å². The molecule has 2 aromatic carbocycles. The minimum atomic E-state index is -5.20. The van der Waals surface area contributed by atoms with Gasteiger partial charge in [0.2, 0.25) is 0 Å². The summed E-state index contributed by atoms with van der Waals surface area (Å²) in [5, 5.41) is 12.6. The zero-order valence-corrected chi connectivity index (χ0v) is 13.9. The molecule has 132 valence electrons. The molecule has 0 bridgehead atoms. The van der Waals surface area contributed by atoms with Crippen molar-refractivity contribution < 1.29 is 27.6 Å². The molecule has 0 spiro atoms. The Morgan fingerprint density at radius 1 is 1.24 bits per heavy atom. The molecule has 0 radical (unpaired) electrons. The second-order valence-electron chi connectivity index (χ2n) is 4.78. The average molecular weight is 419 g/mol. The van der Waals surface area contributed by atoms with Crippen molar-refractivity contribution in [2.75, 3.05) is 5.32 Å². The summed E-state index contributed by atoms with van der Waals surface area (Å²) < 4.78 is 43.1. The summed E-state index contributed by atoms with van der Waals surface area (Å²) in [4.78, 5) is 21.4. The maximum absolute atomic E-state index is 12.5. The van der Waals surface area contributed by atoms with Crippen LogP contribution in [0.2, 0.25) is 0 Å². The maximum atomic E-state index is 12.5. The second kappa shape index (κ2) is 7.51. The van der Waals surface area contributed by atoms with E-state index in [-0.39, 0.29) is 16.8 Å². The van der Waals surface area contributed by atoms with Crippen LogP contribution in [0, 0.1) is 10.1 Å². The SMILES string of the molecule is O=C(Nc1c(OCc2ccccc2)cc(Br)cc1[N+](=O)[O-])C(F)(F)F. The van der Waals surface area contributed by atoms with Crippen molar-refractivity contribution in [2.45, 2.75) is 12.8 Å². The molecule has 1 N–H and O–H groups in total. The van der Waals surface area contributed by atoms with E-state index in [2.05, 4.69) is 15.9 Å². The molecule has 10 heteroatoms. The first-order valence-electron chi connectivity index (χ1n) is 6.71. The largest absolute Gasteiger partial charge is 0.486 e. The number of nitro groups is 1. The highest BCUT2D eigenvalue weighted by molar-refractivity contribution is 9.10. The minimum Gasteiger partial charge on any atom is -0.486 e. The van der Waals surface area contributed by atoms with E-state index in [1.165, 1.54) is 11.4 Å². The van der Waals surface area contributed by atoms with Gasteiger partial charge in [0.05, 0.1) is 4.92 Å². The fraction of sp³-hybridized carbons (Fsp3) is 0.133. The molecule has 0 aliphatic carbocycles. The molecule has 2 aromatic rings.